The van der Waals surface area contributed by atoms with Crippen LogP contribution in [-0.2, 0) is 0 Å². The number of anilines is 1. The number of aromatic nitrogens is 1. The van der Waals surface area contributed by atoms with Crippen LogP contribution in [0.4, 0.5) is 11.4 Å². The molecule has 0 aromatic heterocycles. The maximum Gasteiger partial charge on any atom is 0.258 e. The van der Waals surface area contributed by atoms with Crippen molar-refractivity contribution in [3.8, 4) is 11.3 Å². The van der Waals surface area contributed by atoms with Crippen LogP contribution in [0.1, 0.15) is 24.5 Å². The number of nitrogens with one attached hydrogen (secondary N) is 1. The van der Waals surface area contributed by atoms with Gasteiger partial charge in [0.25, 0.3) is 5.56 Å². The topological polar surface area (TPSA) is 54.9 Å². The van der Waals surface area contributed by atoms with Gasteiger partial charge in [0.2, 0.25) is 0 Å². The minimum Gasteiger partial charge on any atom is -0.369 e. The predicted molar refractivity (Wildman–Crippen MR) is 139 cm³/mol. The number of aliphatic imine (C=N–C) groups is 1. The van der Waals surface area contributed by atoms with E-state index in [0.717, 1.165) is 67.5 Å². The van der Waals surface area contributed by atoms with Crippen LogP contribution >= 0.6 is 0 Å². The molecule has 1 aromatic rings. The molecule has 33 heavy (non-hydrogen) atoms. The van der Waals surface area contributed by atoms with Crippen molar-refractivity contribution in [2.45, 2.75) is 20.3 Å². The number of H-pyrrole nitrogens is 1. The van der Waals surface area contributed by atoms with Crippen molar-refractivity contribution in [2.24, 2.45) is 4.99 Å². The number of aromatic amines is 1. The lowest BCUT2D eigenvalue weighted by atomic mass is 10.1. The highest BCUT2D eigenvalue weighted by Gasteiger charge is 2.19. The van der Waals surface area contributed by atoms with Gasteiger partial charge in [-0.15, -0.1) is 0 Å². The average Bonchev–Trinajstić information content (AvgIpc) is 2.94. The molecule has 1 saturated heterocycles. The van der Waals surface area contributed by atoms with Gasteiger partial charge in [-0.1, -0.05) is 30.3 Å². The monoisotopic (exact) mass is 445 g/mol. The van der Waals surface area contributed by atoms with Crippen LogP contribution < -0.4 is 10.5 Å². The van der Waals surface area contributed by atoms with Crippen molar-refractivity contribution in [1.82, 2.24) is 14.8 Å². The first-order valence-electron chi connectivity index (χ1n) is 11.8. The molecule has 1 aliphatic carbocycles. The summed E-state index contributed by atoms with van der Waals surface area (Å²) in [4.78, 5) is 27.8. The number of hydrogen-bond acceptors (Lipinski definition) is 5. The van der Waals surface area contributed by atoms with Crippen molar-refractivity contribution in [2.75, 3.05) is 58.3 Å². The molecule has 0 radical (unpaired) electrons. The van der Waals surface area contributed by atoms with Gasteiger partial charge in [-0.3, -0.25) is 14.7 Å². The molecule has 1 aromatic carbocycles. The highest BCUT2D eigenvalue weighted by molar-refractivity contribution is 6.05. The Morgan fingerprint density at radius 3 is 2.58 bits per heavy atom. The van der Waals surface area contributed by atoms with Gasteiger partial charge in [-0.25, -0.2) is 0 Å². The van der Waals surface area contributed by atoms with Crippen molar-refractivity contribution < 1.29 is 0 Å². The van der Waals surface area contributed by atoms with Gasteiger partial charge in [0.15, 0.2) is 0 Å². The molecule has 2 heterocycles. The van der Waals surface area contributed by atoms with Crippen molar-refractivity contribution in [1.29, 1.82) is 0 Å². The van der Waals surface area contributed by atoms with Crippen molar-refractivity contribution in [3.63, 3.8) is 0 Å². The molecule has 0 bridgehead atoms. The van der Waals surface area contributed by atoms with Crippen LogP contribution in [0, 0.1) is 6.92 Å². The molecular formula is C27H35N5O. The molecule has 3 aliphatic rings. The van der Waals surface area contributed by atoms with E-state index in [1.165, 1.54) is 12.1 Å². The van der Waals surface area contributed by atoms with E-state index < -0.39 is 0 Å². The summed E-state index contributed by atoms with van der Waals surface area (Å²) >= 11 is 0. The number of nitrogens with zero attached hydrogens (tertiary/aromatic N) is 4. The fraction of sp³-hybridized carbons (Fsp3) is 0.407. The minimum atomic E-state index is -0.0864. The summed E-state index contributed by atoms with van der Waals surface area (Å²) in [5, 5.41) is 0. The van der Waals surface area contributed by atoms with Crippen LogP contribution in [0.2, 0.25) is 0 Å². The maximum atomic E-state index is 12.7. The number of aryl methyl sites for hydroxylation is 1. The Hall–Kier alpha value is -2.96. The molecular weight excluding hydrogens is 410 g/mol. The zero-order chi connectivity index (χ0) is 23.4. The van der Waals surface area contributed by atoms with Gasteiger partial charge >= 0.3 is 0 Å². The smallest absolute Gasteiger partial charge is 0.258 e. The molecule has 1 fully saturated rings. The molecule has 0 unspecified atom stereocenters. The average molecular weight is 446 g/mol. The Kier molecular flexibility index (Phi) is 7.26. The molecule has 6 nitrogen and oxygen atoms in total. The Labute approximate surface area is 196 Å². The van der Waals surface area contributed by atoms with E-state index in [4.69, 9.17) is 4.99 Å². The standard InChI is InChI=1S/C27H35N5O/c1-20-11-12-22(32-17-15-31(16-18-32)14-8-13-30(3)4)19-25(20)28-21(2)26-23-9-6-5-7-10-24(23)29-27(26)33/h5-7,9-12,19H,8,13-18H2,1-4H3,(H,29,33)/b28-21+. The second-order valence-electron chi connectivity index (χ2n) is 9.22. The lowest BCUT2D eigenvalue weighted by Gasteiger charge is -2.36. The van der Waals surface area contributed by atoms with Gasteiger partial charge in [-0.05, 0) is 71.2 Å². The van der Waals surface area contributed by atoms with E-state index in [2.05, 4.69) is 58.9 Å². The summed E-state index contributed by atoms with van der Waals surface area (Å²) in [5.41, 5.74) is 6.28. The molecule has 4 rings (SSSR count). The Morgan fingerprint density at radius 1 is 1.06 bits per heavy atom. The van der Waals surface area contributed by atoms with Crippen LogP contribution in [0.3, 0.4) is 0 Å². The first kappa shape index (κ1) is 23.2. The highest BCUT2D eigenvalue weighted by atomic mass is 16.1. The van der Waals surface area contributed by atoms with E-state index >= 15 is 0 Å². The molecule has 0 atom stereocenters. The summed E-state index contributed by atoms with van der Waals surface area (Å²) in [5.74, 6) is 0. The first-order valence-corrected chi connectivity index (χ1v) is 11.8. The van der Waals surface area contributed by atoms with E-state index in [-0.39, 0.29) is 5.56 Å². The number of piperazine rings is 1. The van der Waals surface area contributed by atoms with Gasteiger partial charge in [0.05, 0.1) is 17.0 Å². The van der Waals surface area contributed by atoms with Gasteiger partial charge < -0.3 is 14.8 Å². The number of fused-ring (bicyclic) bond motifs is 1. The third-order valence-corrected chi connectivity index (χ3v) is 6.44. The summed E-state index contributed by atoms with van der Waals surface area (Å²) < 4.78 is 0. The van der Waals surface area contributed by atoms with Crippen LogP contribution in [-0.4, -0.2) is 73.9 Å². The number of rotatable bonds is 7. The number of benzene rings is 1. The van der Waals surface area contributed by atoms with Crippen molar-refractivity contribution >= 4 is 17.1 Å². The third-order valence-electron chi connectivity index (χ3n) is 6.44. The van der Waals surface area contributed by atoms with E-state index in [1.54, 1.807) is 0 Å². The molecule has 1 N–H and O–H groups in total. The normalized spacial score (nSPS) is 15.5. The second-order valence-corrected chi connectivity index (χ2v) is 9.22. The quantitative estimate of drug-likeness (QED) is 0.559. The van der Waals surface area contributed by atoms with Gasteiger partial charge in [0.1, 0.15) is 0 Å². The van der Waals surface area contributed by atoms with E-state index in [1.807, 2.05) is 37.3 Å². The maximum absolute atomic E-state index is 12.7. The summed E-state index contributed by atoms with van der Waals surface area (Å²) in [7, 11) is 4.26. The lowest BCUT2D eigenvalue weighted by Crippen LogP contribution is -2.46. The number of hydrogen-bond donors (Lipinski definition) is 1. The Bertz CT molecular complexity index is 1140. The van der Waals surface area contributed by atoms with Gasteiger partial charge in [-0.2, -0.15) is 0 Å². The fourth-order valence-corrected chi connectivity index (χ4v) is 4.53. The predicted octanol–water partition coefficient (Wildman–Crippen LogP) is 4.00. The van der Waals surface area contributed by atoms with Crippen LogP contribution in [0.15, 0.2) is 58.3 Å². The molecule has 0 spiro atoms. The largest absolute Gasteiger partial charge is 0.369 e. The Balaban J connectivity index is 1.51. The lowest BCUT2D eigenvalue weighted by molar-refractivity contribution is 0.242. The molecule has 0 saturated carbocycles. The summed E-state index contributed by atoms with van der Waals surface area (Å²) in [6.07, 6.45) is 1.21. The third kappa shape index (κ3) is 5.52. The molecule has 2 aliphatic heterocycles. The molecule has 174 valence electrons. The highest BCUT2D eigenvalue weighted by Crippen LogP contribution is 2.28. The Morgan fingerprint density at radius 2 is 1.82 bits per heavy atom. The van der Waals surface area contributed by atoms with E-state index in [9.17, 15) is 4.79 Å². The molecule has 0 amide bonds. The SMILES string of the molecule is C/C(=N\c1cc(N2CCN(CCCN(C)C)CC2)ccc1C)c1c2cccccc-2[nH]c1=O. The molecule has 6 heteroatoms. The zero-order valence-corrected chi connectivity index (χ0v) is 20.3. The van der Waals surface area contributed by atoms with Gasteiger partial charge in [0, 0.05) is 43.1 Å². The fourth-order valence-electron chi connectivity index (χ4n) is 4.53. The zero-order valence-electron chi connectivity index (χ0n) is 20.3. The summed E-state index contributed by atoms with van der Waals surface area (Å²) in [6.45, 7) is 10.5. The summed E-state index contributed by atoms with van der Waals surface area (Å²) in [6, 6.07) is 16.3. The van der Waals surface area contributed by atoms with Crippen LogP contribution in [0.25, 0.3) is 11.3 Å². The van der Waals surface area contributed by atoms with E-state index in [0.29, 0.717) is 5.56 Å². The second kappa shape index (κ2) is 10.3. The van der Waals surface area contributed by atoms with Crippen molar-refractivity contribution in [3.05, 3.63) is 70.0 Å². The minimum absolute atomic E-state index is 0.0864. The first-order chi connectivity index (χ1) is 15.9. The van der Waals surface area contributed by atoms with Crippen LogP contribution in [0.5, 0.6) is 0 Å².